The molecule has 5 heteroatoms. The zero-order valence-corrected chi connectivity index (χ0v) is 14.9. The third-order valence-corrected chi connectivity index (χ3v) is 5.94. The van der Waals surface area contributed by atoms with Gasteiger partial charge in [0.15, 0.2) is 5.78 Å². The lowest BCUT2D eigenvalue weighted by molar-refractivity contribution is -0.131. The monoisotopic (exact) mass is 355 g/mol. The second-order valence-corrected chi connectivity index (χ2v) is 7.82. The Kier molecular flexibility index (Phi) is 4.57. The molecule has 1 aliphatic carbocycles. The number of ketones is 1. The lowest BCUT2D eigenvalue weighted by Gasteiger charge is -2.46. The van der Waals surface area contributed by atoms with Gasteiger partial charge in [-0.05, 0) is 56.0 Å². The molecule has 1 N–H and O–H groups in total. The number of fused-ring (bicyclic) bond motifs is 1. The molecule has 0 aromatic heterocycles. The zero-order chi connectivity index (χ0) is 18.1. The topological polar surface area (TPSA) is 66.8 Å². The van der Waals surface area contributed by atoms with Gasteiger partial charge in [-0.25, -0.2) is 4.79 Å². The van der Waals surface area contributed by atoms with Crippen LogP contribution in [0.4, 0.5) is 0 Å². The molecule has 2 fully saturated rings. The number of Topliss-reactive ketones (excluding diaryl/α,β-unsaturated/α-hetero) is 1. The Balaban J connectivity index is 1.55. The fraction of sp³-hybridized carbons (Fsp3) is 0.524. The number of rotatable bonds is 3. The average molecular weight is 355 g/mol. The summed E-state index contributed by atoms with van der Waals surface area (Å²) in [5.74, 6) is -0.259. The van der Waals surface area contributed by atoms with Crippen molar-refractivity contribution < 1.29 is 19.4 Å². The van der Waals surface area contributed by atoms with E-state index in [0.29, 0.717) is 29.3 Å². The van der Waals surface area contributed by atoms with E-state index in [4.69, 9.17) is 9.84 Å². The fourth-order valence-electron chi connectivity index (χ4n) is 4.72. The molecule has 1 aromatic rings. The highest BCUT2D eigenvalue weighted by Gasteiger charge is 2.45. The molecule has 1 spiro atoms. The molecule has 26 heavy (non-hydrogen) atoms. The normalized spacial score (nSPS) is 27.0. The van der Waals surface area contributed by atoms with Gasteiger partial charge in [0.2, 0.25) is 0 Å². The van der Waals surface area contributed by atoms with Crippen molar-refractivity contribution in [2.45, 2.75) is 56.6 Å². The van der Waals surface area contributed by atoms with E-state index in [1.165, 1.54) is 31.8 Å². The van der Waals surface area contributed by atoms with Crippen molar-refractivity contribution in [1.29, 1.82) is 0 Å². The van der Waals surface area contributed by atoms with Crippen LogP contribution < -0.4 is 4.74 Å². The van der Waals surface area contributed by atoms with Crippen molar-refractivity contribution in [2.75, 3.05) is 13.1 Å². The van der Waals surface area contributed by atoms with Gasteiger partial charge in [-0.3, -0.25) is 9.69 Å². The van der Waals surface area contributed by atoms with Gasteiger partial charge in [0, 0.05) is 18.7 Å². The summed E-state index contributed by atoms with van der Waals surface area (Å²) in [4.78, 5) is 26.1. The van der Waals surface area contributed by atoms with E-state index in [9.17, 15) is 9.59 Å². The van der Waals surface area contributed by atoms with Crippen LogP contribution in [0.2, 0.25) is 0 Å². The standard InChI is InChI=1S/C21H25NO4/c23-18-13-21(10-3-11-22(14-21)16-4-1-2-5-16)26-19-8-6-15(12-17(18)19)7-9-20(24)25/h6-9,12,16H,1-5,10-11,13-14H2,(H,24,25). The summed E-state index contributed by atoms with van der Waals surface area (Å²) in [5.41, 5.74) is 0.875. The summed E-state index contributed by atoms with van der Waals surface area (Å²) >= 11 is 0. The fourth-order valence-corrected chi connectivity index (χ4v) is 4.72. The third kappa shape index (κ3) is 3.40. The van der Waals surface area contributed by atoms with Crippen LogP contribution in [0.1, 0.15) is 60.9 Å². The quantitative estimate of drug-likeness (QED) is 0.840. The number of carbonyl (C=O) groups excluding carboxylic acids is 1. The molecular weight excluding hydrogens is 330 g/mol. The highest BCUT2D eigenvalue weighted by atomic mass is 16.5. The number of likely N-dealkylation sites (tertiary alicyclic amines) is 1. The summed E-state index contributed by atoms with van der Waals surface area (Å²) in [6, 6.07) is 6.00. The number of benzene rings is 1. The summed E-state index contributed by atoms with van der Waals surface area (Å²) < 4.78 is 6.40. The molecule has 3 aliphatic rings. The molecule has 138 valence electrons. The number of hydrogen-bond acceptors (Lipinski definition) is 4. The Morgan fingerprint density at radius 3 is 2.85 bits per heavy atom. The first-order valence-corrected chi connectivity index (χ1v) is 9.56. The lowest BCUT2D eigenvalue weighted by Crippen LogP contribution is -2.56. The van der Waals surface area contributed by atoms with E-state index in [-0.39, 0.29) is 5.78 Å². The van der Waals surface area contributed by atoms with Crippen molar-refractivity contribution in [3.05, 3.63) is 35.4 Å². The van der Waals surface area contributed by atoms with E-state index in [2.05, 4.69) is 4.90 Å². The smallest absolute Gasteiger partial charge is 0.328 e. The highest BCUT2D eigenvalue weighted by Crippen LogP contribution is 2.40. The Morgan fingerprint density at radius 1 is 1.27 bits per heavy atom. The highest BCUT2D eigenvalue weighted by molar-refractivity contribution is 6.01. The predicted octanol–water partition coefficient (Wildman–Crippen LogP) is 3.53. The molecule has 1 atom stereocenters. The van der Waals surface area contributed by atoms with Gasteiger partial charge in [0.1, 0.15) is 11.4 Å². The van der Waals surface area contributed by atoms with E-state index in [1.807, 2.05) is 12.1 Å². The van der Waals surface area contributed by atoms with Gasteiger partial charge in [0.25, 0.3) is 0 Å². The first-order chi connectivity index (χ1) is 12.5. The van der Waals surface area contributed by atoms with Crippen LogP contribution in [0, 0.1) is 0 Å². The zero-order valence-electron chi connectivity index (χ0n) is 14.9. The number of ether oxygens (including phenoxy) is 1. The van der Waals surface area contributed by atoms with Crippen LogP contribution in [-0.2, 0) is 4.79 Å². The van der Waals surface area contributed by atoms with E-state index < -0.39 is 11.6 Å². The molecule has 0 bridgehead atoms. The number of aliphatic carboxylic acids is 1. The van der Waals surface area contributed by atoms with Gasteiger partial charge < -0.3 is 9.84 Å². The van der Waals surface area contributed by atoms with Gasteiger partial charge in [-0.2, -0.15) is 0 Å². The van der Waals surface area contributed by atoms with Gasteiger partial charge >= 0.3 is 5.97 Å². The molecule has 1 saturated carbocycles. The minimum Gasteiger partial charge on any atom is -0.485 e. The predicted molar refractivity (Wildman–Crippen MR) is 98.5 cm³/mol. The summed E-state index contributed by atoms with van der Waals surface area (Å²) in [6.45, 7) is 1.94. The largest absolute Gasteiger partial charge is 0.485 e. The van der Waals surface area contributed by atoms with Crippen molar-refractivity contribution >= 4 is 17.8 Å². The first kappa shape index (κ1) is 17.3. The van der Waals surface area contributed by atoms with E-state index >= 15 is 0 Å². The number of hydrogen-bond donors (Lipinski definition) is 1. The maximum absolute atomic E-state index is 12.8. The van der Waals surface area contributed by atoms with Crippen molar-refractivity contribution in [3.8, 4) is 5.75 Å². The minimum absolute atomic E-state index is 0.102. The Bertz CT molecular complexity index is 750. The second kappa shape index (κ2) is 6.88. The molecule has 1 aromatic carbocycles. The minimum atomic E-state index is -1.00. The van der Waals surface area contributed by atoms with Crippen LogP contribution in [0.3, 0.4) is 0 Å². The summed E-state index contributed by atoms with van der Waals surface area (Å²) in [5, 5.41) is 8.76. The van der Waals surface area contributed by atoms with Crippen LogP contribution in [0.5, 0.6) is 5.75 Å². The Morgan fingerprint density at radius 2 is 2.08 bits per heavy atom. The van der Waals surface area contributed by atoms with Gasteiger partial charge in [-0.1, -0.05) is 18.9 Å². The maximum Gasteiger partial charge on any atom is 0.328 e. The Labute approximate surface area is 153 Å². The van der Waals surface area contributed by atoms with E-state index in [1.54, 1.807) is 6.07 Å². The molecule has 5 nitrogen and oxygen atoms in total. The number of piperidine rings is 1. The van der Waals surface area contributed by atoms with Crippen LogP contribution in [0.25, 0.3) is 6.08 Å². The molecule has 1 unspecified atom stereocenters. The number of carboxylic acid groups (broad SMARTS) is 1. The lowest BCUT2D eigenvalue weighted by atomic mass is 9.82. The molecule has 0 amide bonds. The molecule has 1 saturated heterocycles. The third-order valence-electron chi connectivity index (χ3n) is 5.94. The van der Waals surface area contributed by atoms with E-state index in [0.717, 1.165) is 32.0 Å². The molecule has 0 radical (unpaired) electrons. The second-order valence-electron chi connectivity index (χ2n) is 7.82. The van der Waals surface area contributed by atoms with Gasteiger partial charge in [-0.15, -0.1) is 0 Å². The van der Waals surface area contributed by atoms with Crippen molar-refractivity contribution in [3.63, 3.8) is 0 Å². The summed E-state index contributed by atoms with van der Waals surface area (Å²) in [6.07, 6.45) is 10.1. The molecular formula is C21H25NO4. The summed E-state index contributed by atoms with van der Waals surface area (Å²) in [7, 11) is 0. The van der Waals surface area contributed by atoms with Crippen LogP contribution in [-0.4, -0.2) is 46.5 Å². The van der Waals surface area contributed by atoms with Crippen molar-refractivity contribution in [1.82, 2.24) is 4.90 Å². The molecule has 4 rings (SSSR count). The van der Waals surface area contributed by atoms with Crippen LogP contribution >= 0.6 is 0 Å². The van der Waals surface area contributed by atoms with Crippen LogP contribution in [0.15, 0.2) is 24.3 Å². The number of carboxylic acids is 1. The maximum atomic E-state index is 12.8. The Hall–Kier alpha value is -2.14. The number of carbonyl (C=O) groups is 2. The average Bonchev–Trinajstić information content (AvgIpc) is 3.15. The molecule has 2 aliphatic heterocycles. The first-order valence-electron chi connectivity index (χ1n) is 9.56. The van der Waals surface area contributed by atoms with Crippen molar-refractivity contribution in [2.24, 2.45) is 0 Å². The SMILES string of the molecule is O=C(O)C=Cc1ccc2c(c1)C(=O)CC1(CCCN(C3CCCC3)C1)O2. The van der Waals surface area contributed by atoms with Gasteiger partial charge in [0.05, 0.1) is 12.0 Å². The molecule has 2 heterocycles. The number of nitrogens with zero attached hydrogens (tertiary/aromatic N) is 1.